The van der Waals surface area contributed by atoms with Gasteiger partial charge in [0.15, 0.2) is 0 Å². The van der Waals surface area contributed by atoms with E-state index >= 15 is 0 Å². The van der Waals surface area contributed by atoms with Gasteiger partial charge in [0, 0.05) is 23.5 Å². The average Bonchev–Trinajstić information content (AvgIpc) is 2.83. The minimum atomic E-state index is -1.43. The van der Waals surface area contributed by atoms with Crippen LogP contribution in [0.2, 0.25) is 0 Å². The molecule has 0 fully saturated rings. The van der Waals surface area contributed by atoms with Gasteiger partial charge in [0.2, 0.25) is 17.7 Å². The van der Waals surface area contributed by atoms with Gasteiger partial charge >= 0.3 is 5.97 Å². The van der Waals surface area contributed by atoms with Crippen molar-refractivity contribution in [1.82, 2.24) is 0 Å². The van der Waals surface area contributed by atoms with Crippen LogP contribution in [0.25, 0.3) is 0 Å². The number of Topliss-reactive ketones (excluding diaryl/α,β-unsaturated/α-hetero) is 3. The van der Waals surface area contributed by atoms with Crippen molar-refractivity contribution in [2.75, 3.05) is 0 Å². The Labute approximate surface area is 154 Å². The molecule has 0 aromatic heterocycles. The number of ketones is 3. The van der Waals surface area contributed by atoms with E-state index in [0.29, 0.717) is 0 Å². The van der Waals surface area contributed by atoms with E-state index in [9.17, 15) is 19.2 Å². The second-order valence-electron chi connectivity index (χ2n) is 7.64. The summed E-state index contributed by atoms with van der Waals surface area (Å²) < 4.78 is 5.29. The molecule has 26 heavy (non-hydrogen) atoms. The van der Waals surface area contributed by atoms with Gasteiger partial charge in [-0.25, -0.2) is 0 Å². The van der Waals surface area contributed by atoms with Gasteiger partial charge in [-0.05, 0) is 11.8 Å². The Bertz CT molecular complexity index is 697. The molecule has 0 bridgehead atoms. The summed E-state index contributed by atoms with van der Waals surface area (Å²) in [5, 5.41) is 0. The van der Waals surface area contributed by atoms with Gasteiger partial charge < -0.3 is 4.74 Å². The molecule has 0 unspecified atom stereocenters. The zero-order valence-corrected chi connectivity index (χ0v) is 15.9. The first-order valence-corrected chi connectivity index (χ1v) is 9.05. The highest BCUT2D eigenvalue weighted by molar-refractivity contribution is 6.29. The number of carbonyl (C=O) groups is 4. The van der Waals surface area contributed by atoms with Crippen molar-refractivity contribution in [2.24, 2.45) is 23.7 Å². The molecule has 0 radical (unpaired) electrons. The smallest absolute Gasteiger partial charge is 0.310 e. The summed E-state index contributed by atoms with van der Waals surface area (Å²) in [7, 11) is 0. The number of hydrogen-bond acceptors (Lipinski definition) is 5. The first kappa shape index (κ1) is 20.0. The third-order valence-electron chi connectivity index (χ3n) is 5.20. The SMILES string of the molecule is CC(C)[C@H](C)C(=O)C[C@H](C(=O)OC1C(=O)c2ccccc2C1=O)C(C)C. The summed E-state index contributed by atoms with van der Waals surface area (Å²) >= 11 is 0. The van der Waals surface area contributed by atoms with Crippen LogP contribution in [0.1, 0.15) is 61.8 Å². The molecule has 140 valence electrons. The zero-order chi connectivity index (χ0) is 19.6. The van der Waals surface area contributed by atoms with Crippen LogP contribution in [0, 0.1) is 23.7 Å². The largest absolute Gasteiger partial charge is 0.445 e. The van der Waals surface area contributed by atoms with E-state index in [2.05, 4.69) is 0 Å². The summed E-state index contributed by atoms with van der Waals surface area (Å²) in [5.74, 6) is -2.46. The molecule has 1 aromatic carbocycles. The summed E-state index contributed by atoms with van der Waals surface area (Å²) in [6.07, 6.45) is -1.38. The monoisotopic (exact) mass is 358 g/mol. The fourth-order valence-corrected chi connectivity index (χ4v) is 2.99. The molecule has 2 atom stereocenters. The maximum absolute atomic E-state index is 12.6. The Kier molecular flexibility index (Phi) is 6.11. The maximum Gasteiger partial charge on any atom is 0.310 e. The maximum atomic E-state index is 12.6. The number of esters is 1. The van der Waals surface area contributed by atoms with Crippen molar-refractivity contribution in [3.05, 3.63) is 35.4 Å². The van der Waals surface area contributed by atoms with Crippen molar-refractivity contribution in [3.8, 4) is 0 Å². The Balaban J connectivity index is 2.13. The zero-order valence-electron chi connectivity index (χ0n) is 15.9. The molecule has 5 nitrogen and oxygen atoms in total. The van der Waals surface area contributed by atoms with E-state index in [4.69, 9.17) is 4.74 Å². The molecular formula is C21H26O5. The van der Waals surface area contributed by atoms with Gasteiger partial charge in [0.25, 0.3) is 0 Å². The lowest BCUT2D eigenvalue weighted by atomic mass is 9.84. The standard InChI is InChI=1S/C21H26O5/c1-11(2)13(5)17(22)10-16(12(3)4)21(25)26-20-18(23)14-8-6-7-9-15(14)19(20)24/h6-9,11-13,16,20H,10H2,1-5H3/t13-,16-/m0/s1. The Morgan fingerprint density at radius 3 is 1.85 bits per heavy atom. The fraction of sp³-hybridized carbons (Fsp3) is 0.524. The van der Waals surface area contributed by atoms with Gasteiger partial charge in [-0.3, -0.25) is 19.2 Å². The number of rotatable bonds is 7. The first-order valence-electron chi connectivity index (χ1n) is 9.05. The van der Waals surface area contributed by atoms with Crippen molar-refractivity contribution >= 4 is 23.3 Å². The summed E-state index contributed by atoms with van der Waals surface area (Å²) in [6.45, 7) is 9.41. The van der Waals surface area contributed by atoms with Gasteiger partial charge in [-0.15, -0.1) is 0 Å². The molecule has 2 rings (SSSR count). The molecule has 0 aliphatic heterocycles. The van der Waals surface area contributed by atoms with Crippen LogP contribution in [-0.4, -0.2) is 29.4 Å². The number of hydrogen-bond donors (Lipinski definition) is 0. The van der Waals surface area contributed by atoms with Gasteiger partial charge in [-0.1, -0.05) is 58.9 Å². The van der Waals surface area contributed by atoms with Crippen LogP contribution in [-0.2, 0) is 14.3 Å². The number of ether oxygens (including phenoxy) is 1. The van der Waals surface area contributed by atoms with E-state index in [1.165, 1.54) is 0 Å². The van der Waals surface area contributed by atoms with Gasteiger partial charge in [-0.2, -0.15) is 0 Å². The molecule has 0 saturated heterocycles. The van der Waals surface area contributed by atoms with Crippen LogP contribution in [0.15, 0.2) is 24.3 Å². The highest BCUT2D eigenvalue weighted by Crippen LogP contribution is 2.27. The molecule has 5 heteroatoms. The third kappa shape index (κ3) is 3.92. The van der Waals surface area contributed by atoms with Gasteiger partial charge in [0.05, 0.1) is 5.92 Å². The molecule has 1 aromatic rings. The van der Waals surface area contributed by atoms with E-state index in [1.54, 1.807) is 24.3 Å². The molecule has 0 saturated carbocycles. The first-order chi connectivity index (χ1) is 12.1. The second-order valence-corrected chi connectivity index (χ2v) is 7.64. The normalized spacial score (nSPS) is 16.7. The van der Waals surface area contributed by atoms with Crippen LogP contribution >= 0.6 is 0 Å². The molecule has 1 aliphatic carbocycles. The van der Waals surface area contributed by atoms with Gasteiger partial charge in [0.1, 0.15) is 5.78 Å². The Morgan fingerprint density at radius 1 is 0.923 bits per heavy atom. The predicted octanol–water partition coefficient (Wildman–Crippen LogP) is 3.50. The average molecular weight is 358 g/mol. The predicted molar refractivity (Wildman–Crippen MR) is 96.9 cm³/mol. The number of benzene rings is 1. The summed E-state index contributed by atoms with van der Waals surface area (Å²) in [5.41, 5.74) is 0.557. The lowest BCUT2D eigenvalue weighted by Gasteiger charge is -2.23. The van der Waals surface area contributed by atoms with Crippen LogP contribution < -0.4 is 0 Å². The summed E-state index contributed by atoms with van der Waals surface area (Å²) in [6, 6.07) is 6.43. The van der Waals surface area contributed by atoms with Crippen LogP contribution in [0.4, 0.5) is 0 Å². The van der Waals surface area contributed by atoms with E-state index < -0.39 is 29.6 Å². The number of fused-ring (bicyclic) bond motifs is 1. The lowest BCUT2D eigenvalue weighted by molar-refractivity contribution is -0.153. The molecular weight excluding hydrogens is 332 g/mol. The number of carbonyl (C=O) groups excluding carboxylic acids is 4. The lowest BCUT2D eigenvalue weighted by Crippen LogP contribution is -2.35. The minimum absolute atomic E-state index is 0.0111. The topological polar surface area (TPSA) is 77.5 Å². The Hall–Kier alpha value is -2.30. The molecule has 0 heterocycles. The van der Waals surface area contributed by atoms with E-state index in [0.717, 1.165) is 0 Å². The highest BCUT2D eigenvalue weighted by Gasteiger charge is 2.42. The molecule has 0 N–H and O–H groups in total. The van der Waals surface area contributed by atoms with Crippen molar-refractivity contribution in [2.45, 2.75) is 47.1 Å². The Morgan fingerprint density at radius 2 is 1.42 bits per heavy atom. The minimum Gasteiger partial charge on any atom is -0.445 e. The van der Waals surface area contributed by atoms with E-state index in [1.807, 2.05) is 34.6 Å². The highest BCUT2D eigenvalue weighted by atomic mass is 16.6. The second kappa shape index (κ2) is 7.94. The molecule has 0 amide bonds. The van der Waals surface area contributed by atoms with Crippen molar-refractivity contribution in [3.63, 3.8) is 0 Å². The van der Waals surface area contributed by atoms with Crippen LogP contribution in [0.5, 0.6) is 0 Å². The fourth-order valence-electron chi connectivity index (χ4n) is 2.99. The quantitative estimate of drug-likeness (QED) is 0.551. The van der Waals surface area contributed by atoms with Crippen molar-refractivity contribution in [1.29, 1.82) is 0 Å². The van der Waals surface area contributed by atoms with Crippen molar-refractivity contribution < 1.29 is 23.9 Å². The van der Waals surface area contributed by atoms with Crippen LogP contribution in [0.3, 0.4) is 0 Å². The van der Waals surface area contributed by atoms with E-state index in [-0.39, 0.29) is 41.1 Å². The third-order valence-corrected chi connectivity index (χ3v) is 5.20. The molecule has 1 aliphatic rings. The molecule has 0 spiro atoms. The summed E-state index contributed by atoms with van der Waals surface area (Å²) in [4.78, 5) is 49.8.